The fourth-order valence-corrected chi connectivity index (χ4v) is 2.99. The molecule has 1 fully saturated rings. The molecule has 108 valence electrons. The van der Waals surface area contributed by atoms with Crippen LogP contribution in [0.4, 0.5) is 5.82 Å². The lowest BCUT2D eigenvalue weighted by atomic mass is 10.3. The summed E-state index contributed by atoms with van der Waals surface area (Å²) in [5, 5.41) is 12.1. The first-order valence-electron chi connectivity index (χ1n) is 6.83. The molecule has 7 nitrogen and oxygen atoms in total. The van der Waals surface area contributed by atoms with Crippen LogP contribution in [0.25, 0.3) is 16.7 Å². The highest BCUT2D eigenvalue weighted by Crippen LogP contribution is 2.25. The maximum atomic E-state index is 4.79. The van der Waals surface area contributed by atoms with Gasteiger partial charge in [-0.05, 0) is 35.7 Å². The largest absolute Gasteiger partial charge is 0.351 e. The monoisotopic (exact) mass is 347 g/mol. The fourth-order valence-electron chi connectivity index (χ4n) is 2.64. The lowest BCUT2D eigenvalue weighted by Gasteiger charge is -2.33. The second-order valence-corrected chi connectivity index (χ2v) is 6.19. The third-order valence-corrected chi connectivity index (χ3v) is 4.36. The Morgan fingerprint density at radius 2 is 1.95 bits per heavy atom. The topological polar surface area (TPSA) is 62.5 Å². The average Bonchev–Trinajstić information content (AvgIpc) is 2.97. The van der Waals surface area contributed by atoms with E-state index in [0.717, 1.165) is 47.5 Å². The van der Waals surface area contributed by atoms with E-state index < -0.39 is 0 Å². The SMILES string of the molecule is CN1CCN(c2nc3ccc(Br)cc3n3nnnc23)CC1. The molecule has 0 aliphatic carbocycles. The lowest BCUT2D eigenvalue weighted by Crippen LogP contribution is -2.45. The minimum atomic E-state index is 0.713. The van der Waals surface area contributed by atoms with Gasteiger partial charge < -0.3 is 9.80 Å². The van der Waals surface area contributed by atoms with Crippen molar-refractivity contribution in [2.75, 3.05) is 38.1 Å². The molecule has 21 heavy (non-hydrogen) atoms. The van der Waals surface area contributed by atoms with Crippen LogP contribution in [0.15, 0.2) is 22.7 Å². The van der Waals surface area contributed by atoms with Crippen LogP contribution in [0.2, 0.25) is 0 Å². The second-order valence-electron chi connectivity index (χ2n) is 5.27. The summed E-state index contributed by atoms with van der Waals surface area (Å²) >= 11 is 3.48. The van der Waals surface area contributed by atoms with Crippen LogP contribution in [-0.4, -0.2) is 63.2 Å². The standard InChI is InChI=1S/C13H14BrN7/c1-19-4-6-20(7-5-19)12-13-16-17-18-21(13)11-8-9(14)2-3-10(11)15-12/h2-3,8H,4-7H2,1H3. The van der Waals surface area contributed by atoms with Gasteiger partial charge >= 0.3 is 0 Å². The summed E-state index contributed by atoms with van der Waals surface area (Å²) in [6, 6.07) is 5.96. The van der Waals surface area contributed by atoms with Gasteiger partial charge in [0.15, 0.2) is 5.82 Å². The summed E-state index contributed by atoms with van der Waals surface area (Å²) in [6.07, 6.45) is 0. The molecule has 0 spiro atoms. The third kappa shape index (κ3) is 2.14. The van der Waals surface area contributed by atoms with Crippen LogP contribution in [-0.2, 0) is 0 Å². The molecule has 0 amide bonds. The smallest absolute Gasteiger partial charge is 0.222 e. The van der Waals surface area contributed by atoms with Crippen molar-refractivity contribution in [2.45, 2.75) is 0 Å². The fraction of sp³-hybridized carbons (Fsp3) is 0.385. The number of hydrogen-bond donors (Lipinski definition) is 0. The minimum Gasteiger partial charge on any atom is -0.351 e. The maximum Gasteiger partial charge on any atom is 0.222 e. The van der Waals surface area contributed by atoms with Crippen LogP contribution in [0.3, 0.4) is 0 Å². The van der Waals surface area contributed by atoms with Gasteiger partial charge in [0.25, 0.3) is 0 Å². The summed E-state index contributed by atoms with van der Waals surface area (Å²) in [4.78, 5) is 9.36. The van der Waals surface area contributed by atoms with Crippen molar-refractivity contribution in [3.63, 3.8) is 0 Å². The van der Waals surface area contributed by atoms with Crippen LogP contribution >= 0.6 is 15.9 Å². The molecule has 8 heteroatoms. The van der Waals surface area contributed by atoms with Crippen molar-refractivity contribution >= 4 is 38.4 Å². The summed E-state index contributed by atoms with van der Waals surface area (Å²) in [7, 11) is 2.14. The van der Waals surface area contributed by atoms with E-state index in [4.69, 9.17) is 4.98 Å². The molecular weight excluding hydrogens is 334 g/mol. The molecule has 1 saturated heterocycles. The first-order valence-corrected chi connectivity index (χ1v) is 7.62. The van der Waals surface area contributed by atoms with Crippen molar-refractivity contribution in [1.29, 1.82) is 0 Å². The Bertz CT molecular complexity index is 807. The van der Waals surface area contributed by atoms with Gasteiger partial charge in [0.05, 0.1) is 11.0 Å². The number of likely N-dealkylation sites (N-methyl/N-ethyl adjacent to an activating group) is 1. The van der Waals surface area contributed by atoms with E-state index in [1.807, 2.05) is 18.2 Å². The van der Waals surface area contributed by atoms with Gasteiger partial charge in [0.2, 0.25) is 5.65 Å². The number of halogens is 1. The Balaban J connectivity index is 1.91. The van der Waals surface area contributed by atoms with E-state index in [2.05, 4.69) is 48.3 Å². The van der Waals surface area contributed by atoms with Gasteiger partial charge in [-0.1, -0.05) is 15.9 Å². The Morgan fingerprint density at radius 1 is 1.14 bits per heavy atom. The summed E-state index contributed by atoms with van der Waals surface area (Å²) in [5.41, 5.74) is 2.51. The molecular formula is C13H14BrN7. The zero-order chi connectivity index (χ0) is 14.4. The third-order valence-electron chi connectivity index (χ3n) is 3.86. The molecule has 2 aromatic heterocycles. The number of rotatable bonds is 1. The Labute approximate surface area is 129 Å². The number of anilines is 1. The normalized spacial score (nSPS) is 17.0. The number of aromatic nitrogens is 5. The Kier molecular flexibility index (Phi) is 3.00. The number of tetrazole rings is 1. The molecule has 0 saturated carbocycles. The number of piperazine rings is 1. The molecule has 4 rings (SSSR count). The van der Waals surface area contributed by atoms with E-state index in [1.54, 1.807) is 4.52 Å². The molecule has 1 aliphatic rings. The van der Waals surface area contributed by atoms with Gasteiger partial charge in [-0.2, -0.15) is 4.52 Å². The molecule has 0 N–H and O–H groups in total. The first-order chi connectivity index (χ1) is 10.2. The summed E-state index contributed by atoms with van der Waals surface area (Å²) < 4.78 is 2.75. The predicted octanol–water partition coefficient (Wildman–Crippen LogP) is 1.19. The minimum absolute atomic E-state index is 0.713. The highest BCUT2D eigenvalue weighted by Gasteiger charge is 2.21. The van der Waals surface area contributed by atoms with E-state index in [0.29, 0.717) is 5.65 Å². The van der Waals surface area contributed by atoms with Gasteiger partial charge in [-0.3, -0.25) is 0 Å². The van der Waals surface area contributed by atoms with Gasteiger partial charge in [0.1, 0.15) is 0 Å². The quantitative estimate of drug-likeness (QED) is 0.658. The van der Waals surface area contributed by atoms with E-state index in [9.17, 15) is 0 Å². The molecule has 3 aromatic rings. The predicted molar refractivity (Wildman–Crippen MR) is 83.5 cm³/mol. The number of fused-ring (bicyclic) bond motifs is 3. The molecule has 1 aliphatic heterocycles. The summed E-state index contributed by atoms with van der Waals surface area (Å²) in [6.45, 7) is 3.92. The van der Waals surface area contributed by atoms with Crippen molar-refractivity contribution < 1.29 is 0 Å². The second kappa shape index (κ2) is 4.88. The van der Waals surface area contributed by atoms with Crippen molar-refractivity contribution in [3.05, 3.63) is 22.7 Å². The molecule has 0 radical (unpaired) electrons. The highest BCUT2D eigenvalue weighted by atomic mass is 79.9. The molecule has 3 heterocycles. The van der Waals surface area contributed by atoms with Gasteiger partial charge in [-0.25, -0.2) is 4.98 Å². The number of hydrogen-bond acceptors (Lipinski definition) is 6. The van der Waals surface area contributed by atoms with Crippen LogP contribution < -0.4 is 4.90 Å². The number of benzene rings is 1. The van der Waals surface area contributed by atoms with Crippen LogP contribution in [0.1, 0.15) is 0 Å². The van der Waals surface area contributed by atoms with Crippen molar-refractivity contribution in [1.82, 2.24) is 29.9 Å². The van der Waals surface area contributed by atoms with Crippen molar-refractivity contribution in [2.24, 2.45) is 0 Å². The van der Waals surface area contributed by atoms with Crippen molar-refractivity contribution in [3.8, 4) is 0 Å². The molecule has 0 atom stereocenters. The van der Waals surface area contributed by atoms with E-state index in [1.165, 1.54) is 0 Å². The van der Waals surface area contributed by atoms with Gasteiger partial charge in [0, 0.05) is 30.7 Å². The lowest BCUT2D eigenvalue weighted by molar-refractivity contribution is 0.312. The van der Waals surface area contributed by atoms with E-state index >= 15 is 0 Å². The zero-order valence-electron chi connectivity index (χ0n) is 11.6. The average molecular weight is 348 g/mol. The Hall–Kier alpha value is -1.80. The number of nitrogens with zero attached hydrogens (tertiary/aromatic N) is 7. The van der Waals surface area contributed by atoms with Crippen LogP contribution in [0, 0.1) is 0 Å². The highest BCUT2D eigenvalue weighted by molar-refractivity contribution is 9.10. The van der Waals surface area contributed by atoms with E-state index in [-0.39, 0.29) is 0 Å². The Morgan fingerprint density at radius 3 is 2.76 bits per heavy atom. The molecule has 0 bridgehead atoms. The first kappa shape index (κ1) is 12.9. The zero-order valence-corrected chi connectivity index (χ0v) is 13.2. The molecule has 0 unspecified atom stereocenters. The van der Waals surface area contributed by atoms with Crippen LogP contribution in [0.5, 0.6) is 0 Å². The van der Waals surface area contributed by atoms with Gasteiger partial charge in [-0.15, -0.1) is 5.10 Å². The maximum absolute atomic E-state index is 4.79. The summed E-state index contributed by atoms with van der Waals surface area (Å²) in [5.74, 6) is 0.864. The molecule has 1 aromatic carbocycles.